The zero-order chi connectivity index (χ0) is 13.5. The first-order valence-electron chi connectivity index (χ1n) is 6.44. The predicted octanol–water partition coefficient (Wildman–Crippen LogP) is 2.30. The Balaban J connectivity index is 1.89. The SMILES string of the molecule is NCC(O)c1cccc(OCCc2ccccc2)c1. The molecular weight excluding hydrogens is 238 g/mol. The predicted molar refractivity (Wildman–Crippen MR) is 76.1 cm³/mol. The van der Waals surface area contributed by atoms with Crippen LogP contribution in [0.3, 0.4) is 0 Å². The molecule has 0 amide bonds. The van der Waals surface area contributed by atoms with E-state index in [2.05, 4.69) is 12.1 Å². The van der Waals surface area contributed by atoms with E-state index in [1.54, 1.807) is 0 Å². The summed E-state index contributed by atoms with van der Waals surface area (Å²) in [5.74, 6) is 0.765. The molecule has 0 aliphatic rings. The van der Waals surface area contributed by atoms with Crippen molar-refractivity contribution in [3.8, 4) is 5.75 Å². The third-order valence-electron chi connectivity index (χ3n) is 2.97. The zero-order valence-corrected chi connectivity index (χ0v) is 10.8. The van der Waals surface area contributed by atoms with Gasteiger partial charge in [0.25, 0.3) is 0 Å². The molecule has 2 aromatic carbocycles. The molecule has 0 aliphatic carbocycles. The lowest BCUT2D eigenvalue weighted by Gasteiger charge is -2.11. The molecule has 1 unspecified atom stereocenters. The highest BCUT2D eigenvalue weighted by Crippen LogP contribution is 2.18. The second-order valence-corrected chi connectivity index (χ2v) is 4.41. The Kier molecular flexibility index (Phi) is 4.95. The first kappa shape index (κ1) is 13.6. The van der Waals surface area contributed by atoms with Crippen LogP contribution in [-0.2, 0) is 6.42 Å². The minimum atomic E-state index is -0.627. The summed E-state index contributed by atoms with van der Waals surface area (Å²) in [4.78, 5) is 0. The van der Waals surface area contributed by atoms with Crippen LogP contribution in [0.2, 0.25) is 0 Å². The fourth-order valence-corrected chi connectivity index (χ4v) is 1.88. The summed E-state index contributed by atoms with van der Waals surface area (Å²) < 4.78 is 5.69. The number of hydrogen-bond donors (Lipinski definition) is 2. The quantitative estimate of drug-likeness (QED) is 0.835. The Morgan fingerprint density at radius 3 is 2.58 bits per heavy atom. The Morgan fingerprint density at radius 1 is 1.05 bits per heavy atom. The Morgan fingerprint density at radius 2 is 1.84 bits per heavy atom. The Hall–Kier alpha value is -1.84. The molecule has 100 valence electrons. The third kappa shape index (κ3) is 4.09. The molecule has 0 saturated heterocycles. The van der Waals surface area contributed by atoms with Gasteiger partial charge in [0.1, 0.15) is 5.75 Å². The third-order valence-corrected chi connectivity index (χ3v) is 2.97. The van der Waals surface area contributed by atoms with E-state index < -0.39 is 6.10 Å². The van der Waals surface area contributed by atoms with Gasteiger partial charge in [-0.3, -0.25) is 0 Å². The van der Waals surface area contributed by atoms with Crippen LogP contribution in [0.1, 0.15) is 17.2 Å². The highest BCUT2D eigenvalue weighted by atomic mass is 16.5. The van der Waals surface area contributed by atoms with E-state index in [1.807, 2.05) is 42.5 Å². The topological polar surface area (TPSA) is 55.5 Å². The average Bonchev–Trinajstić information content (AvgIpc) is 2.48. The van der Waals surface area contributed by atoms with Crippen molar-refractivity contribution in [3.05, 3.63) is 65.7 Å². The number of aliphatic hydroxyl groups excluding tert-OH is 1. The zero-order valence-electron chi connectivity index (χ0n) is 10.8. The molecule has 2 rings (SSSR count). The molecular formula is C16H19NO2. The van der Waals surface area contributed by atoms with Crippen molar-refractivity contribution in [1.29, 1.82) is 0 Å². The molecule has 0 radical (unpaired) electrons. The van der Waals surface area contributed by atoms with Gasteiger partial charge in [-0.05, 0) is 23.3 Å². The second kappa shape index (κ2) is 6.92. The minimum absolute atomic E-state index is 0.216. The summed E-state index contributed by atoms with van der Waals surface area (Å²) >= 11 is 0. The van der Waals surface area contributed by atoms with Crippen LogP contribution in [0.4, 0.5) is 0 Å². The van der Waals surface area contributed by atoms with Gasteiger partial charge in [-0.25, -0.2) is 0 Å². The lowest BCUT2D eigenvalue weighted by molar-refractivity contribution is 0.186. The van der Waals surface area contributed by atoms with Crippen molar-refractivity contribution < 1.29 is 9.84 Å². The molecule has 19 heavy (non-hydrogen) atoms. The van der Waals surface area contributed by atoms with E-state index in [-0.39, 0.29) is 6.54 Å². The molecule has 3 N–H and O–H groups in total. The maximum absolute atomic E-state index is 9.68. The van der Waals surface area contributed by atoms with Gasteiger partial charge in [0.05, 0.1) is 12.7 Å². The molecule has 3 nitrogen and oxygen atoms in total. The fraction of sp³-hybridized carbons (Fsp3) is 0.250. The summed E-state index contributed by atoms with van der Waals surface area (Å²) in [6.07, 6.45) is 0.238. The van der Waals surface area contributed by atoms with E-state index in [1.165, 1.54) is 5.56 Å². The number of ether oxygens (including phenoxy) is 1. The van der Waals surface area contributed by atoms with Gasteiger partial charge in [-0.2, -0.15) is 0 Å². The standard InChI is InChI=1S/C16H19NO2/c17-12-16(18)14-7-4-8-15(11-14)19-10-9-13-5-2-1-3-6-13/h1-8,11,16,18H,9-10,12,17H2. The van der Waals surface area contributed by atoms with Crippen LogP contribution in [-0.4, -0.2) is 18.3 Å². The van der Waals surface area contributed by atoms with Crippen LogP contribution in [0.5, 0.6) is 5.75 Å². The van der Waals surface area contributed by atoms with Crippen LogP contribution in [0, 0.1) is 0 Å². The lowest BCUT2D eigenvalue weighted by atomic mass is 10.1. The lowest BCUT2D eigenvalue weighted by Crippen LogP contribution is -2.11. The Labute approximate surface area is 113 Å². The number of nitrogens with two attached hydrogens (primary N) is 1. The summed E-state index contributed by atoms with van der Waals surface area (Å²) in [5.41, 5.74) is 7.48. The van der Waals surface area contributed by atoms with E-state index in [9.17, 15) is 5.11 Å². The van der Waals surface area contributed by atoms with Crippen LogP contribution in [0.25, 0.3) is 0 Å². The van der Waals surface area contributed by atoms with Gasteiger partial charge < -0.3 is 15.6 Å². The van der Waals surface area contributed by atoms with Crippen LogP contribution in [0.15, 0.2) is 54.6 Å². The molecule has 1 atom stereocenters. The molecule has 0 spiro atoms. The van der Waals surface area contributed by atoms with Crippen molar-refractivity contribution in [2.45, 2.75) is 12.5 Å². The van der Waals surface area contributed by atoms with Gasteiger partial charge in [0.15, 0.2) is 0 Å². The average molecular weight is 257 g/mol. The summed E-state index contributed by atoms with van der Waals surface area (Å²) in [6.45, 7) is 0.833. The molecule has 2 aromatic rings. The molecule has 3 heteroatoms. The maximum atomic E-state index is 9.68. The fourth-order valence-electron chi connectivity index (χ4n) is 1.88. The van der Waals surface area contributed by atoms with Crippen molar-refractivity contribution in [3.63, 3.8) is 0 Å². The van der Waals surface area contributed by atoms with Gasteiger partial charge in [0, 0.05) is 13.0 Å². The Bertz CT molecular complexity index is 499. The highest BCUT2D eigenvalue weighted by molar-refractivity contribution is 5.30. The number of rotatable bonds is 6. The van der Waals surface area contributed by atoms with E-state index in [0.29, 0.717) is 6.61 Å². The second-order valence-electron chi connectivity index (χ2n) is 4.41. The molecule has 0 aromatic heterocycles. The van der Waals surface area contributed by atoms with Gasteiger partial charge in [-0.15, -0.1) is 0 Å². The van der Waals surface area contributed by atoms with Crippen molar-refractivity contribution in [2.75, 3.05) is 13.2 Å². The van der Waals surface area contributed by atoms with E-state index in [4.69, 9.17) is 10.5 Å². The van der Waals surface area contributed by atoms with Gasteiger partial charge in [-0.1, -0.05) is 42.5 Å². The first-order chi connectivity index (χ1) is 9.29. The molecule has 0 fully saturated rings. The molecule has 0 bridgehead atoms. The number of aliphatic hydroxyl groups is 1. The largest absolute Gasteiger partial charge is 0.493 e. The van der Waals surface area contributed by atoms with E-state index >= 15 is 0 Å². The normalized spacial score (nSPS) is 12.1. The van der Waals surface area contributed by atoms with Crippen LogP contribution < -0.4 is 10.5 Å². The highest BCUT2D eigenvalue weighted by Gasteiger charge is 2.05. The van der Waals surface area contributed by atoms with Gasteiger partial charge >= 0.3 is 0 Å². The summed E-state index contributed by atoms with van der Waals surface area (Å²) in [6, 6.07) is 17.6. The van der Waals surface area contributed by atoms with Gasteiger partial charge in [0.2, 0.25) is 0 Å². The van der Waals surface area contributed by atoms with E-state index in [0.717, 1.165) is 17.7 Å². The summed E-state index contributed by atoms with van der Waals surface area (Å²) in [5, 5.41) is 9.68. The number of hydrogen-bond acceptors (Lipinski definition) is 3. The molecule has 0 heterocycles. The minimum Gasteiger partial charge on any atom is -0.493 e. The molecule has 0 aliphatic heterocycles. The first-order valence-corrected chi connectivity index (χ1v) is 6.44. The smallest absolute Gasteiger partial charge is 0.119 e. The van der Waals surface area contributed by atoms with Crippen molar-refractivity contribution in [2.24, 2.45) is 5.73 Å². The molecule has 0 saturated carbocycles. The maximum Gasteiger partial charge on any atom is 0.119 e. The van der Waals surface area contributed by atoms with Crippen molar-refractivity contribution >= 4 is 0 Å². The van der Waals surface area contributed by atoms with Crippen LogP contribution >= 0.6 is 0 Å². The monoisotopic (exact) mass is 257 g/mol. The van der Waals surface area contributed by atoms with Crippen molar-refractivity contribution in [1.82, 2.24) is 0 Å². The number of benzene rings is 2. The summed E-state index contributed by atoms with van der Waals surface area (Å²) in [7, 11) is 0.